The fourth-order valence-electron chi connectivity index (χ4n) is 2.33. The van der Waals surface area contributed by atoms with Gasteiger partial charge in [-0.2, -0.15) is 0 Å². The molecule has 0 aromatic carbocycles. The molecule has 0 aromatic heterocycles. The van der Waals surface area contributed by atoms with Crippen molar-refractivity contribution in [1.82, 2.24) is 0 Å². The van der Waals surface area contributed by atoms with Gasteiger partial charge in [0.1, 0.15) is 0 Å². The molecule has 0 amide bonds. The molecule has 2 rings (SSSR count). The molecule has 1 saturated heterocycles. The maximum Gasteiger partial charge on any atom is 0.313 e. The lowest BCUT2D eigenvalue weighted by molar-refractivity contribution is -0.146. The number of carbonyl (C=O) groups is 1. The number of allylic oxidation sites excluding steroid dienone is 3. The number of fused-ring (bicyclic) bond motifs is 1. The number of carbonyl (C=O) groups excluding carboxylic acids is 1. The first-order chi connectivity index (χ1) is 6.29. The highest BCUT2D eigenvalue weighted by Crippen LogP contribution is 2.46. The highest BCUT2D eigenvalue weighted by molar-refractivity contribution is 5.80. The molecule has 0 saturated carbocycles. The molecule has 0 N–H and O–H groups in total. The van der Waals surface area contributed by atoms with Crippen molar-refractivity contribution in [3.63, 3.8) is 0 Å². The SMILES string of the molecule is C=CC[C@@]12CC=CC[C@@H]1COC2=O. The summed E-state index contributed by atoms with van der Waals surface area (Å²) in [5, 5.41) is 0. The minimum atomic E-state index is -0.267. The van der Waals surface area contributed by atoms with Crippen molar-refractivity contribution in [2.75, 3.05) is 6.61 Å². The van der Waals surface area contributed by atoms with Crippen LogP contribution in [0.2, 0.25) is 0 Å². The first kappa shape index (κ1) is 8.54. The largest absolute Gasteiger partial charge is 0.465 e. The second kappa shape index (κ2) is 3.02. The van der Waals surface area contributed by atoms with Crippen LogP contribution in [-0.2, 0) is 9.53 Å². The average Bonchev–Trinajstić information content (AvgIpc) is 2.46. The highest BCUT2D eigenvalue weighted by Gasteiger charge is 2.50. The molecular formula is C11H14O2. The molecule has 0 bridgehead atoms. The molecule has 1 heterocycles. The van der Waals surface area contributed by atoms with E-state index in [2.05, 4.69) is 18.7 Å². The topological polar surface area (TPSA) is 26.3 Å². The van der Waals surface area contributed by atoms with Crippen molar-refractivity contribution in [3.8, 4) is 0 Å². The maximum atomic E-state index is 11.6. The van der Waals surface area contributed by atoms with E-state index in [1.807, 2.05) is 6.08 Å². The zero-order valence-electron chi connectivity index (χ0n) is 7.66. The van der Waals surface area contributed by atoms with Crippen LogP contribution in [0, 0.1) is 11.3 Å². The number of hydrogen-bond donors (Lipinski definition) is 0. The Bertz CT molecular complexity index is 267. The minimum absolute atomic E-state index is 0.0262. The highest BCUT2D eigenvalue weighted by atomic mass is 16.5. The van der Waals surface area contributed by atoms with Crippen LogP contribution >= 0.6 is 0 Å². The Hall–Kier alpha value is -1.05. The lowest BCUT2D eigenvalue weighted by Crippen LogP contribution is -2.33. The van der Waals surface area contributed by atoms with Crippen LogP contribution in [0.15, 0.2) is 24.8 Å². The number of ether oxygens (including phenoxy) is 1. The van der Waals surface area contributed by atoms with E-state index in [-0.39, 0.29) is 11.4 Å². The van der Waals surface area contributed by atoms with E-state index in [1.165, 1.54) is 0 Å². The monoisotopic (exact) mass is 178 g/mol. The second-order valence-corrected chi connectivity index (χ2v) is 3.86. The third-order valence-electron chi connectivity index (χ3n) is 3.18. The van der Waals surface area contributed by atoms with Crippen LogP contribution in [0.1, 0.15) is 19.3 Å². The number of rotatable bonds is 2. The summed E-state index contributed by atoms with van der Waals surface area (Å²) in [5.41, 5.74) is -0.267. The van der Waals surface area contributed by atoms with Crippen molar-refractivity contribution in [1.29, 1.82) is 0 Å². The Morgan fingerprint density at radius 2 is 2.54 bits per heavy atom. The summed E-state index contributed by atoms with van der Waals surface area (Å²) in [6.07, 6.45) is 8.61. The number of hydrogen-bond acceptors (Lipinski definition) is 2. The molecule has 0 aromatic rings. The summed E-state index contributed by atoms with van der Waals surface area (Å²) in [6.45, 7) is 4.31. The van der Waals surface area contributed by atoms with Crippen molar-refractivity contribution < 1.29 is 9.53 Å². The molecule has 1 aliphatic carbocycles. The van der Waals surface area contributed by atoms with Gasteiger partial charge in [0.2, 0.25) is 0 Å². The molecule has 2 aliphatic rings. The van der Waals surface area contributed by atoms with Gasteiger partial charge < -0.3 is 4.74 Å². The second-order valence-electron chi connectivity index (χ2n) is 3.86. The predicted octanol–water partition coefficient (Wildman–Crippen LogP) is 2.07. The first-order valence-corrected chi connectivity index (χ1v) is 4.73. The molecule has 13 heavy (non-hydrogen) atoms. The van der Waals surface area contributed by atoms with Gasteiger partial charge in [-0.05, 0) is 19.3 Å². The summed E-state index contributed by atoms with van der Waals surface area (Å²) in [4.78, 5) is 11.6. The van der Waals surface area contributed by atoms with E-state index < -0.39 is 0 Å². The number of esters is 1. The lowest BCUT2D eigenvalue weighted by Gasteiger charge is -2.30. The molecule has 2 nitrogen and oxygen atoms in total. The van der Waals surface area contributed by atoms with Gasteiger partial charge in [-0.25, -0.2) is 0 Å². The van der Waals surface area contributed by atoms with E-state index in [1.54, 1.807) is 0 Å². The van der Waals surface area contributed by atoms with Gasteiger partial charge in [-0.3, -0.25) is 4.79 Å². The smallest absolute Gasteiger partial charge is 0.313 e. The minimum Gasteiger partial charge on any atom is -0.465 e. The first-order valence-electron chi connectivity index (χ1n) is 4.73. The van der Waals surface area contributed by atoms with Crippen molar-refractivity contribution >= 4 is 5.97 Å². The van der Waals surface area contributed by atoms with Gasteiger partial charge in [0.25, 0.3) is 0 Å². The fraction of sp³-hybridized carbons (Fsp3) is 0.545. The molecule has 1 fully saturated rings. The Labute approximate surface area is 78.3 Å². The quantitative estimate of drug-likeness (QED) is 0.478. The van der Waals surface area contributed by atoms with E-state index in [4.69, 9.17) is 4.74 Å². The van der Waals surface area contributed by atoms with Crippen LogP contribution in [0.4, 0.5) is 0 Å². The van der Waals surface area contributed by atoms with Gasteiger partial charge >= 0.3 is 5.97 Å². The van der Waals surface area contributed by atoms with Crippen molar-refractivity contribution in [2.45, 2.75) is 19.3 Å². The summed E-state index contributed by atoms with van der Waals surface area (Å²) >= 11 is 0. The maximum absolute atomic E-state index is 11.6. The Morgan fingerprint density at radius 3 is 3.31 bits per heavy atom. The average molecular weight is 178 g/mol. The third kappa shape index (κ3) is 1.12. The predicted molar refractivity (Wildman–Crippen MR) is 50.1 cm³/mol. The summed E-state index contributed by atoms with van der Waals surface area (Å²) < 4.78 is 5.13. The van der Waals surface area contributed by atoms with E-state index in [0.29, 0.717) is 12.5 Å². The lowest BCUT2D eigenvalue weighted by atomic mass is 9.68. The third-order valence-corrected chi connectivity index (χ3v) is 3.18. The van der Waals surface area contributed by atoms with Gasteiger partial charge in [0, 0.05) is 5.92 Å². The van der Waals surface area contributed by atoms with Crippen LogP contribution in [0.3, 0.4) is 0 Å². The molecule has 70 valence electrons. The van der Waals surface area contributed by atoms with E-state index in [9.17, 15) is 4.79 Å². The molecule has 2 atom stereocenters. The summed E-state index contributed by atoms with van der Waals surface area (Å²) in [5.74, 6) is 0.352. The van der Waals surface area contributed by atoms with Gasteiger partial charge in [-0.1, -0.05) is 18.2 Å². The summed E-state index contributed by atoms with van der Waals surface area (Å²) in [7, 11) is 0. The zero-order chi connectivity index (χ0) is 9.31. The van der Waals surface area contributed by atoms with Gasteiger partial charge in [0.15, 0.2) is 0 Å². The van der Waals surface area contributed by atoms with Crippen LogP contribution in [0.25, 0.3) is 0 Å². The Balaban J connectivity index is 2.31. The van der Waals surface area contributed by atoms with Gasteiger partial charge in [0.05, 0.1) is 12.0 Å². The Morgan fingerprint density at radius 1 is 1.69 bits per heavy atom. The molecule has 0 spiro atoms. The standard InChI is InChI=1S/C11H14O2/c1-2-6-11-7-4-3-5-9(11)8-13-10(11)12/h2-4,9H,1,5-8H2/t9-,11-/m1/s1. The van der Waals surface area contributed by atoms with Crippen LogP contribution in [-0.4, -0.2) is 12.6 Å². The molecule has 1 aliphatic heterocycles. The van der Waals surface area contributed by atoms with Gasteiger partial charge in [-0.15, -0.1) is 6.58 Å². The fourth-order valence-corrected chi connectivity index (χ4v) is 2.33. The normalized spacial score (nSPS) is 36.9. The zero-order valence-corrected chi connectivity index (χ0v) is 7.66. The van der Waals surface area contributed by atoms with Crippen molar-refractivity contribution in [2.24, 2.45) is 11.3 Å². The van der Waals surface area contributed by atoms with Crippen LogP contribution in [0.5, 0.6) is 0 Å². The molecule has 2 heteroatoms. The number of cyclic esters (lactones) is 1. The van der Waals surface area contributed by atoms with E-state index >= 15 is 0 Å². The molecular weight excluding hydrogens is 164 g/mol. The molecule has 0 unspecified atom stereocenters. The van der Waals surface area contributed by atoms with E-state index in [0.717, 1.165) is 19.3 Å². The van der Waals surface area contributed by atoms with Crippen molar-refractivity contribution in [3.05, 3.63) is 24.8 Å². The Kier molecular flexibility index (Phi) is 1.98. The molecule has 0 radical (unpaired) electrons. The summed E-state index contributed by atoms with van der Waals surface area (Å²) in [6, 6.07) is 0. The van der Waals surface area contributed by atoms with Crippen LogP contribution < -0.4 is 0 Å².